The van der Waals surface area contributed by atoms with E-state index in [9.17, 15) is 18.0 Å². The number of benzene rings is 1. The van der Waals surface area contributed by atoms with Crippen molar-refractivity contribution in [3.8, 4) is 0 Å². The molecule has 5 rings (SSSR count). The molecule has 4 heterocycles. The molecule has 35 heavy (non-hydrogen) atoms. The number of pyridine rings is 1. The summed E-state index contributed by atoms with van der Waals surface area (Å²) in [7, 11) is 0. The van der Waals surface area contributed by atoms with Gasteiger partial charge < -0.3 is 19.9 Å². The van der Waals surface area contributed by atoms with E-state index in [2.05, 4.69) is 44.3 Å². The fourth-order valence-electron chi connectivity index (χ4n) is 4.65. The number of rotatable bonds is 4. The number of carbonyl (C=O) groups excluding carboxylic acids is 1. The Hall–Kier alpha value is -3.73. The Morgan fingerprint density at radius 3 is 2.63 bits per heavy atom. The van der Waals surface area contributed by atoms with Gasteiger partial charge in [-0.15, -0.1) is 0 Å². The maximum atomic E-state index is 14.5. The van der Waals surface area contributed by atoms with Crippen molar-refractivity contribution in [3.63, 3.8) is 0 Å². The highest BCUT2D eigenvalue weighted by atomic mass is 19.3. The second kappa shape index (κ2) is 8.81. The molecule has 0 bridgehead atoms. The molecule has 2 N–H and O–H groups in total. The molecule has 1 fully saturated rings. The Labute approximate surface area is 199 Å². The van der Waals surface area contributed by atoms with E-state index in [1.54, 1.807) is 25.3 Å². The van der Waals surface area contributed by atoms with Crippen LogP contribution in [0.25, 0.3) is 16.6 Å². The lowest BCUT2D eigenvalue weighted by atomic mass is 10.0. The number of hydrogen-bond donors (Lipinski definition) is 2. The predicted molar refractivity (Wildman–Crippen MR) is 127 cm³/mol. The Balaban J connectivity index is 1.56. The van der Waals surface area contributed by atoms with Gasteiger partial charge in [-0.1, -0.05) is 0 Å². The lowest BCUT2D eigenvalue weighted by molar-refractivity contribution is 0.102. The summed E-state index contributed by atoms with van der Waals surface area (Å²) in [6.07, 6.45) is 1.62. The van der Waals surface area contributed by atoms with Gasteiger partial charge in [0, 0.05) is 60.9 Å². The van der Waals surface area contributed by atoms with E-state index in [4.69, 9.17) is 0 Å². The fraction of sp³-hybridized carbons (Fsp3) is 0.333. The zero-order chi connectivity index (χ0) is 24.9. The number of amides is 1. The van der Waals surface area contributed by atoms with Crippen molar-refractivity contribution in [2.75, 3.05) is 23.3 Å². The average molecular weight is 483 g/mol. The highest BCUT2D eigenvalue weighted by molar-refractivity contribution is 6.13. The number of aromatic nitrogens is 4. The van der Waals surface area contributed by atoms with E-state index < -0.39 is 24.0 Å². The zero-order valence-corrected chi connectivity index (χ0v) is 19.4. The first-order chi connectivity index (χ1) is 16.7. The van der Waals surface area contributed by atoms with E-state index in [0.29, 0.717) is 24.2 Å². The van der Waals surface area contributed by atoms with Crippen LogP contribution < -0.4 is 15.5 Å². The number of nitrogens with zero attached hydrogens (tertiary/aromatic N) is 5. The molecular formula is C24H24F3N7O. The van der Waals surface area contributed by atoms with Gasteiger partial charge in [-0.25, -0.2) is 28.1 Å². The standard InChI is InChI=1S/C24H24F3N7O/c1-12-8-33(9-13(2)29-12)19-5-4-16(20-17(19)7-28-22(32-20)21(26)27)24(35)31-15-6-18(25)23-30-14(3)10-34(23)11-15/h4-7,10-13,21,29H,8-9H2,1-3H3,(H,31,35)/t12-,13-/m1/s1. The summed E-state index contributed by atoms with van der Waals surface area (Å²) >= 11 is 0. The highest BCUT2D eigenvalue weighted by Gasteiger charge is 2.25. The van der Waals surface area contributed by atoms with E-state index >= 15 is 0 Å². The summed E-state index contributed by atoms with van der Waals surface area (Å²) in [5.41, 5.74) is 1.93. The van der Waals surface area contributed by atoms with Gasteiger partial charge in [0.2, 0.25) is 0 Å². The third-order valence-corrected chi connectivity index (χ3v) is 5.97. The maximum Gasteiger partial charge on any atom is 0.297 e. The van der Waals surface area contributed by atoms with Gasteiger partial charge in [-0.3, -0.25) is 4.79 Å². The normalized spacial score (nSPS) is 18.5. The first-order valence-electron chi connectivity index (χ1n) is 11.2. The van der Waals surface area contributed by atoms with Crippen LogP contribution in [-0.2, 0) is 0 Å². The molecular weight excluding hydrogens is 459 g/mol. The van der Waals surface area contributed by atoms with Crippen LogP contribution in [0, 0.1) is 12.7 Å². The molecule has 0 unspecified atom stereocenters. The number of piperazine rings is 1. The van der Waals surface area contributed by atoms with Gasteiger partial charge in [0.1, 0.15) is 0 Å². The second-order valence-corrected chi connectivity index (χ2v) is 8.94. The minimum absolute atomic E-state index is 0.0894. The molecule has 0 radical (unpaired) electrons. The molecule has 0 spiro atoms. The van der Waals surface area contributed by atoms with Gasteiger partial charge in [0.15, 0.2) is 17.3 Å². The molecule has 2 atom stereocenters. The van der Waals surface area contributed by atoms with Crippen molar-refractivity contribution in [1.29, 1.82) is 0 Å². The average Bonchev–Trinajstić information content (AvgIpc) is 3.18. The van der Waals surface area contributed by atoms with E-state index in [-0.39, 0.29) is 34.5 Å². The van der Waals surface area contributed by atoms with Crippen molar-refractivity contribution < 1.29 is 18.0 Å². The molecule has 0 saturated carbocycles. The number of anilines is 2. The van der Waals surface area contributed by atoms with Crippen LogP contribution >= 0.6 is 0 Å². The molecule has 8 nitrogen and oxygen atoms in total. The molecule has 3 aromatic heterocycles. The molecule has 4 aromatic rings. The van der Waals surface area contributed by atoms with Crippen LogP contribution in [0.4, 0.5) is 24.5 Å². The predicted octanol–water partition coefficient (Wildman–Crippen LogP) is 4.10. The third kappa shape index (κ3) is 4.39. The van der Waals surface area contributed by atoms with Gasteiger partial charge in [-0.2, -0.15) is 0 Å². The second-order valence-electron chi connectivity index (χ2n) is 8.94. The van der Waals surface area contributed by atoms with Crippen LogP contribution in [-0.4, -0.2) is 50.4 Å². The van der Waals surface area contributed by atoms with E-state index in [1.807, 2.05) is 0 Å². The number of fused-ring (bicyclic) bond motifs is 2. The number of carbonyl (C=O) groups is 1. The summed E-state index contributed by atoms with van der Waals surface area (Å²) in [6, 6.07) is 4.93. The Morgan fingerprint density at radius 1 is 1.17 bits per heavy atom. The SMILES string of the molecule is Cc1cn2cc(NC(=O)c3ccc(N4C[C@@H](C)N[C@H](C)C4)c4cnc(C(F)F)nc34)cc(F)c2n1. The van der Waals surface area contributed by atoms with Crippen LogP contribution in [0.15, 0.2) is 36.8 Å². The summed E-state index contributed by atoms with van der Waals surface area (Å²) in [6.45, 7) is 7.26. The molecule has 11 heteroatoms. The van der Waals surface area contributed by atoms with Crippen molar-refractivity contribution in [1.82, 2.24) is 24.7 Å². The first kappa shape index (κ1) is 23.0. The van der Waals surface area contributed by atoms with E-state index in [0.717, 1.165) is 5.69 Å². The molecule has 0 aliphatic carbocycles. The highest BCUT2D eigenvalue weighted by Crippen LogP contribution is 2.31. The minimum atomic E-state index is -2.89. The van der Waals surface area contributed by atoms with Gasteiger partial charge in [0.25, 0.3) is 12.3 Å². The molecule has 1 aliphatic rings. The van der Waals surface area contributed by atoms with Crippen molar-refractivity contribution in [2.24, 2.45) is 0 Å². The fourth-order valence-corrected chi connectivity index (χ4v) is 4.65. The number of nitrogens with one attached hydrogen (secondary N) is 2. The monoisotopic (exact) mass is 483 g/mol. The largest absolute Gasteiger partial charge is 0.368 e. The van der Waals surface area contributed by atoms with E-state index in [1.165, 1.54) is 22.9 Å². The number of imidazole rings is 1. The van der Waals surface area contributed by atoms with Crippen molar-refractivity contribution >= 4 is 33.8 Å². The Morgan fingerprint density at radius 2 is 1.91 bits per heavy atom. The van der Waals surface area contributed by atoms with Crippen LogP contribution in [0.2, 0.25) is 0 Å². The summed E-state index contributed by atoms with van der Waals surface area (Å²) in [5.74, 6) is -1.86. The first-order valence-corrected chi connectivity index (χ1v) is 11.2. The zero-order valence-electron chi connectivity index (χ0n) is 19.4. The Kier molecular flexibility index (Phi) is 5.79. The Bertz CT molecular complexity index is 1430. The summed E-state index contributed by atoms with van der Waals surface area (Å²) in [4.78, 5) is 27.3. The molecule has 1 aromatic carbocycles. The smallest absolute Gasteiger partial charge is 0.297 e. The molecule has 1 amide bonds. The van der Waals surface area contributed by atoms with Crippen LogP contribution in [0.3, 0.4) is 0 Å². The third-order valence-electron chi connectivity index (χ3n) is 5.97. The lowest BCUT2D eigenvalue weighted by Gasteiger charge is -2.38. The number of hydrogen-bond acceptors (Lipinski definition) is 6. The van der Waals surface area contributed by atoms with Gasteiger partial charge >= 0.3 is 0 Å². The summed E-state index contributed by atoms with van der Waals surface area (Å²) in [5, 5.41) is 6.60. The number of alkyl halides is 2. The van der Waals surface area contributed by atoms with Crippen LogP contribution in [0.5, 0.6) is 0 Å². The van der Waals surface area contributed by atoms with Crippen LogP contribution in [0.1, 0.15) is 42.1 Å². The number of halogens is 3. The lowest BCUT2D eigenvalue weighted by Crippen LogP contribution is -2.54. The van der Waals surface area contributed by atoms with Crippen molar-refractivity contribution in [3.05, 3.63) is 59.7 Å². The quantitative estimate of drug-likeness (QED) is 0.455. The molecule has 182 valence electrons. The molecule has 1 saturated heterocycles. The van der Waals surface area contributed by atoms with Gasteiger partial charge in [-0.05, 0) is 32.9 Å². The number of aryl methyl sites for hydroxylation is 1. The topological polar surface area (TPSA) is 87.5 Å². The van der Waals surface area contributed by atoms with Gasteiger partial charge in [0.05, 0.1) is 22.5 Å². The maximum absolute atomic E-state index is 14.5. The minimum Gasteiger partial charge on any atom is -0.368 e. The molecule has 1 aliphatic heterocycles. The summed E-state index contributed by atoms with van der Waals surface area (Å²) < 4.78 is 42.8. The van der Waals surface area contributed by atoms with Crippen molar-refractivity contribution in [2.45, 2.75) is 39.3 Å².